The lowest BCUT2D eigenvalue weighted by Crippen LogP contribution is -2.62. The summed E-state index contributed by atoms with van der Waals surface area (Å²) in [6.07, 6.45) is -12.7. The number of carboxylic acid groups (broad SMARTS) is 1. The predicted octanol–water partition coefficient (Wildman–Crippen LogP) is 1.97. The molecule has 0 amide bonds. The van der Waals surface area contributed by atoms with Crippen LogP contribution in [0.15, 0.2) is 0 Å². The Bertz CT molecular complexity index is 484. The first-order valence-electron chi connectivity index (χ1n) is 6.93. The highest BCUT2D eigenvalue weighted by molar-refractivity contribution is 5.75. The Morgan fingerprint density at radius 3 is 1.91 bits per heavy atom. The Morgan fingerprint density at radius 2 is 1.57 bits per heavy atom. The van der Waals surface area contributed by atoms with Gasteiger partial charge < -0.3 is 14.6 Å². The molecule has 0 aromatic rings. The van der Waals surface area contributed by atoms with Crippen molar-refractivity contribution in [1.82, 2.24) is 0 Å². The number of carboxylic acids is 1. The molecule has 0 spiro atoms. The minimum absolute atomic E-state index is 0.0878. The molecule has 0 N–H and O–H groups in total. The van der Waals surface area contributed by atoms with Crippen molar-refractivity contribution in [1.29, 1.82) is 0 Å². The fourth-order valence-electron chi connectivity index (χ4n) is 3.50. The lowest BCUT2D eigenvalue weighted by molar-refractivity contribution is -0.381. The lowest BCUT2D eigenvalue weighted by atomic mass is 9.88. The van der Waals surface area contributed by atoms with Crippen molar-refractivity contribution in [3.8, 4) is 0 Å². The molecule has 0 heterocycles. The van der Waals surface area contributed by atoms with Gasteiger partial charge in [-0.3, -0.25) is 4.79 Å². The van der Waals surface area contributed by atoms with Gasteiger partial charge in [-0.05, 0) is 31.1 Å². The largest absolute Gasteiger partial charge is 0.550 e. The zero-order valence-corrected chi connectivity index (χ0v) is 11.7. The Kier molecular flexibility index (Phi) is 4.31. The third-order valence-electron chi connectivity index (χ3n) is 4.62. The van der Waals surface area contributed by atoms with Crippen molar-refractivity contribution in [2.24, 2.45) is 17.8 Å². The highest BCUT2D eigenvalue weighted by atomic mass is 19.4. The fourth-order valence-corrected chi connectivity index (χ4v) is 3.50. The van der Waals surface area contributed by atoms with Gasteiger partial charge in [-0.2, -0.15) is 26.3 Å². The van der Waals surface area contributed by atoms with E-state index in [9.17, 15) is 41.0 Å². The Balaban J connectivity index is 2.30. The number of carbonyl (C=O) groups excluding carboxylic acids is 2. The summed E-state index contributed by atoms with van der Waals surface area (Å²) in [6.45, 7) is 0. The van der Waals surface area contributed by atoms with Crippen LogP contribution in [0.25, 0.3) is 0 Å². The fraction of sp³-hybridized carbons (Fsp3) is 0.846. The zero-order chi connectivity index (χ0) is 17.6. The number of esters is 1. The maximum atomic E-state index is 13.0. The minimum Gasteiger partial charge on any atom is -0.550 e. The van der Waals surface area contributed by atoms with E-state index in [4.69, 9.17) is 0 Å². The van der Waals surface area contributed by atoms with E-state index in [1.165, 1.54) is 0 Å². The first-order chi connectivity index (χ1) is 10.4. The van der Waals surface area contributed by atoms with Gasteiger partial charge in [0.2, 0.25) is 0 Å². The van der Waals surface area contributed by atoms with Gasteiger partial charge in [0, 0.05) is 12.4 Å². The van der Waals surface area contributed by atoms with Crippen molar-refractivity contribution in [3.05, 3.63) is 0 Å². The van der Waals surface area contributed by atoms with Gasteiger partial charge in [-0.1, -0.05) is 6.42 Å². The molecule has 2 rings (SSSR count). The molecule has 0 aromatic heterocycles. The van der Waals surface area contributed by atoms with Crippen LogP contribution < -0.4 is 5.11 Å². The van der Waals surface area contributed by atoms with Crippen LogP contribution in [0, 0.1) is 17.8 Å². The van der Waals surface area contributed by atoms with Gasteiger partial charge in [0.15, 0.2) is 0 Å². The highest BCUT2D eigenvalue weighted by Crippen LogP contribution is 2.52. The SMILES string of the molecule is O=C([O-])CC(OC(=O)C1CC2CCC1C2)(C(F)(F)F)C(F)(F)F. The topological polar surface area (TPSA) is 66.4 Å². The third kappa shape index (κ3) is 3.12. The molecule has 3 unspecified atom stereocenters. The van der Waals surface area contributed by atoms with Crippen molar-refractivity contribution in [3.63, 3.8) is 0 Å². The monoisotopic (exact) mass is 347 g/mol. The molecule has 0 aromatic carbocycles. The van der Waals surface area contributed by atoms with Gasteiger partial charge in [-0.25, -0.2) is 0 Å². The second kappa shape index (κ2) is 5.55. The molecule has 2 fully saturated rings. The van der Waals surface area contributed by atoms with E-state index in [0.717, 1.165) is 6.42 Å². The average Bonchev–Trinajstić information content (AvgIpc) is 2.96. The number of fused-ring (bicyclic) bond motifs is 2. The van der Waals surface area contributed by atoms with E-state index in [1.54, 1.807) is 0 Å². The summed E-state index contributed by atoms with van der Waals surface area (Å²) in [5.74, 6) is -5.53. The summed E-state index contributed by atoms with van der Waals surface area (Å²) in [5.41, 5.74) is -5.09. The second-order valence-corrected chi connectivity index (χ2v) is 6.07. The van der Waals surface area contributed by atoms with E-state index >= 15 is 0 Å². The van der Waals surface area contributed by atoms with Gasteiger partial charge in [0.25, 0.3) is 0 Å². The number of aliphatic carboxylic acids is 1. The van der Waals surface area contributed by atoms with Crippen molar-refractivity contribution in [2.45, 2.75) is 50.1 Å². The molecular formula is C13H13F6O4-. The van der Waals surface area contributed by atoms with Crippen LogP contribution in [0.3, 0.4) is 0 Å². The molecule has 0 aliphatic heterocycles. The van der Waals surface area contributed by atoms with Gasteiger partial charge in [0.05, 0.1) is 5.92 Å². The van der Waals surface area contributed by atoms with Crippen molar-refractivity contribution < 1.29 is 45.8 Å². The van der Waals surface area contributed by atoms with Crippen LogP contribution in [-0.4, -0.2) is 29.9 Å². The molecular weight excluding hydrogens is 334 g/mol. The number of halogens is 6. The van der Waals surface area contributed by atoms with E-state index in [1.807, 2.05) is 0 Å². The van der Waals surface area contributed by atoms with Crippen LogP contribution in [0.4, 0.5) is 26.3 Å². The maximum Gasteiger partial charge on any atom is 0.437 e. The number of hydrogen-bond donors (Lipinski definition) is 0. The van der Waals surface area contributed by atoms with Crippen LogP contribution in [-0.2, 0) is 14.3 Å². The molecule has 2 aliphatic carbocycles. The number of rotatable bonds is 4. The van der Waals surface area contributed by atoms with E-state index in [-0.39, 0.29) is 18.3 Å². The standard InChI is InChI=1S/C13H14F6O4/c14-12(15,16)11(5-9(20)21,13(17,18)19)23-10(22)8-4-6-1-2-7(8)3-6/h6-8H,1-5H2,(H,20,21)/p-1. The van der Waals surface area contributed by atoms with Gasteiger partial charge >= 0.3 is 23.9 Å². The number of hydrogen-bond acceptors (Lipinski definition) is 4. The smallest absolute Gasteiger partial charge is 0.437 e. The van der Waals surface area contributed by atoms with Crippen molar-refractivity contribution in [2.75, 3.05) is 0 Å². The van der Waals surface area contributed by atoms with Crippen LogP contribution in [0.2, 0.25) is 0 Å². The zero-order valence-electron chi connectivity index (χ0n) is 11.7. The first kappa shape index (κ1) is 17.9. The minimum atomic E-state index is -6.13. The summed E-state index contributed by atoms with van der Waals surface area (Å²) in [4.78, 5) is 22.3. The summed E-state index contributed by atoms with van der Waals surface area (Å²) >= 11 is 0. The number of alkyl halides is 6. The Morgan fingerprint density at radius 1 is 1.00 bits per heavy atom. The lowest BCUT2D eigenvalue weighted by Gasteiger charge is -2.38. The summed E-state index contributed by atoms with van der Waals surface area (Å²) in [5, 5.41) is 10.4. The molecule has 3 atom stereocenters. The van der Waals surface area contributed by atoms with Gasteiger partial charge in [0.1, 0.15) is 0 Å². The predicted molar refractivity (Wildman–Crippen MR) is 59.5 cm³/mol. The molecule has 23 heavy (non-hydrogen) atoms. The second-order valence-electron chi connectivity index (χ2n) is 6.07. The molecule has 0 radical (unpaired) electrons. The summed E-state index contributed by atoms with van der Waals surface area (Å²) in [6, 6.07) is 0. The Labute approximate surface area is 126 Å². The van der Waals surface area contributed by atoms with E-state index < -0.39 is 42.2 Å². The molecule has 132 valence electrons. The van der Waals surface area contributed by atoms with Crippen LogP contribution >= 0.6 is 0 Å². The normalized spacial score (nSPS) is 28.0. The highest BCUT2D eigenvalue weighted by Gasteiger charge is 2.74. The molecule has 2 saturated carbocycles. The summed E-state index contributed by atoms with van der Waals surface area (Å²) < 4.78 is 81.7. The molecule has 0 saturated heterocycles. The quantitative estimate of drug-likeness (QED) is 0.576. The number of carbonyl (C=O) groups is 2. The van der Waals surface area contributed by atoms with Crippen LogP contribution in [0.5, 0.6) is 0 Å². The summed E-state index contributed by atoms with van der Waals surface area (Å²) in [7, 11) is 0. The third-order valence-corrected chi connectivity index (χ3v) is 4.62. The number of ether oxygens (including phenoxy) is 1. The van der Waals surface area contributed by atoms with Crippen LogP contribution in [0.1, 0.15) is 32.1 Å². The molecule has 2 aliphatic rings. The van der Waals surface area contributed by atoms with E-state index in [0.29, 0.717) is 12.8 Å². The maximum absolute atomic E-state index is 13.0. The Hall–Kier alpha value is -1.48. The van der Waals surface area contributed by atoms with Crippen molar-refractivity contribution >= 4 is 11.9 Å². The van der Waals surface area contributed by atoms with E-state index in [2.05, 4.69) is 4.74 Å². The molecule has 2 bridgehead atoms. The molecule has 10 heteroatoms. The first-order valence-corrected chi connectivity index (χ1v) is 6.93. The van der Waals surface area contributed by atoms with Gasteiger partial charge in [-0.15, -0.1) is 0 Å². The molecule has 4 nitrogen and oxygen atoms in total. The average molecular weight is 347 g/mol.